The molecule has 0 spiro atoms. The first-order valence-electron chi connectivity index (χ1n) is 4.14. The third-order valence-electron chi connectivity index (χ3n) is 2.03. The van der Waals surface area contributed by atoms with Crippen molar-refractivity contribution in [3.05, 3.63) is 44.2 Å². The Hall–Kier alpha value is -1.03. The van der Waals surface area contributed by atoms with E-state index in [2.05, 4.69) is 0 Å². The van der Waals surface area contributed by atoms with Crippen LogP contribution in [0.1, 0.15) is 5.56 Å². The first-order chi connectivity index (χ1) is 7.13. The number of hydrogen-bond acceptors (Lipinski definition) is 3. The smallest absolute Gasteiger partial charge is 0.198 e. The van der Waals surface area contributed by atoms with E-state index in [0.717, 1.165) is 0 Å². The van der Waals surface area contributed by atoms with Crippen LogP contribution in [0.25, 0.3) is 11.0 Å². The monoisotopic (exact) mass is 244 g/mol. The number of rotatable bonds is 1. The van der Waals surface area contributed by atoms with Crippen LogP contribution in [0.2, 0.25) is 10.0 Å². The van der Waals surface area contributed by atoms with Gasteiger partial charge in [0.1, 0.15) is 6.26 Å². The van der Waals surface area contributed by atoms with Crippen molar-refractivity contribution < 1.29 is 9.52 Å². The zero-order valence-corrected chi connectivity index (χ0v) is 8.97. The topological polar surface area (TPSA) is 50.4 Å². The van der Waals surface area contributed by atoms with Gasteiger partial charge in [-0.3, -0.25) is 4.79 Å². The van der Waals surface area contributed by atoms with Gasteiger partial charge in [0.25, 0.3) is 0 Å². The molecule has 0 aliphatic heterocycles. The molecule has 3 nitrogen and oxygen atoms in total. The van der Waals surface area contributed by atoms with Crippen molar-refractivity contribution in [3.63, 3.8) is 0 Å². The fraction of sp³-hybridized carbons (Fsp3) is 0.100. The van der Waals surface area contributed by atoms with E-state index in [1.165, 1.54) is 18.4 Å². The maximum atomic E-state index is 11.7. The van der Waals surface area contributed by atoms with Crippen LogP contribution in [0.4, 0.5) is 0 Å². The van der Waals surface area contributed by atoms with Crippen LogP contribution < -0.4 is 5.43 Å². The molecule has 0 aliphatic carbocycles. The van der Waals surface area contributed by atoms with Crippen LogP contribution in [-0.4, -0.2) is 5.11 Å². The van der Waals surface area contributed by atoms with Gasteiger partial charge >= 0.3 is 0 Å². The first-order valence-corrected chi connectivity index (χ1v) is 4.89. The SMILES string of the molecule is O=c1c(CO)coc2c(Cl)cc(Cl)cc12. The number of aliphatic hydroxyl groups is 1. The summed E-state index contributed by atoms with van der Waals surface area (Å²) in [4.78, 5) is 11.7. The number of benzene rings is 1. The van der Waals surface area contributed by atoms with Crippen LogP contribution in [0.3, 0.4) is 0 Å². The zero-order valence-electron chi connectivity index (χ0n) is 7.46. The quantitative estimate of drug-likeness (QED) is 0.839. The summed E-state index contributed by atoms with van der Waals surface area (Å²) in [7, 11) is 0. The van der Waals surface area contributed by atoms with E-state index in [-0.39, 0.29) is 33.6 Å². The highest BCUT2D eigenvalue weighted by atomic mass is 35.5. The Balaban J connectivity index is 2.93. The lowest BCUT2D eigenvalue weighted by Crippen LogP contribution is -2.08. The molecule has 0 amide bonds. The minimum atomic E-state index is -0.373. The van der Waals surface area contributed by atoms with Gasteiger partial charge in [-0.25, -0.2) is 0 Å². The summed E-state index contributed by atoms with van der Waals surface area (Å²) in [5, 5.41) is 9.80. The first kappa shape index (κ1) is 10.5. The predicted molar refractivity (Wildman–Crippen MR) is 58.4 cm³/mol. The summed E-state index contributed by atoms with van der Waals surface area (Å²) in [6, 6.07) is 2.96. The molecule has 0 unspecified atom stereocenters. The van der Waals surface area contributed by atoms with Crippen molar-refractivity contribution >= 4 is 34.2 Å². The molecule has 0 fully saturated rings. The van der Waals surface area contributed by atoms with Gasteiger partial charge in [0.15, 0.2) is 11.0 Å². The second-order valence-electron chi connectivity index (χ2n) is 3.01. The molecule has 1 N–H and O–H groups in total. The Morgan fingerprint density at radius 3 is 2.73 bits per heavy atom. The highest BCUT2D eigenvalue weighted by Gasteiger charge is 2.10. The molecule has 0 aliphatic rings. The van der Waals surface area contributed by atoms with Gasteiger partial charge in [-0.05, 0) is 12.1 Å². The van der Waals surface area contributed by atoms with Crippen molar-refractivity contribution in [1.82, 2.24) is 0 Å². The van der Waals surface area contributed by atoms with Crippen molar-refractivity contribution in [1.29, 1.82) is 0 Å². The summed E-state index contributed by atoms with van der Waals surface area (Å²) in [5.41, 5.74) is 0.146. The molecule has 1 heterocycles. The van der Waals surface area contributed by atoms with Crippen molar-refractivity contribution in [2.75, 3.05) is 0 Å². The minimum absolute atomic E-state index is 0.181. The van der Waals surface area contributed by atoms with E-state index >= 15 is 0 Å². The molecular formula is C10H6Cl2O3. The largest absolute Gasteiger partial charge is 0.462 e. The second-order valence-corrected chi connectivity index (χ2v) is 3.86. The van der Waals surface area contributed by atoms with E-state index in [1.807, 2.05) is 0 Å². The van der Waals surface area contributed by atoms with E-state index in [0.29, 0.717) is 5.02 Å². The normalized spacial score (nSPS) is 10.9. The molecule has 1 aromatic carbocycles. The maximum absolute atomic E-state index is 11.7. The zero-order chi connectivity index (χ0) is 11.0. The van der Waals surface area contributed by atoms with E-state index in [9.17, 15) is 4.79 Å². The lowest BCUT2D eigenvalue weighted by Gasteiger charge is -2.01. The highest BCUT2D eigenvalue weighted by molar-refractivity contribution is 6.38. The van der Waals surface area contributed by atoms with Crippen LogP contribution in [0.5, 0.6) is 0 Å². The number of halogens is 2. The Labute approximate surface area is 94.8 Å². The summed E-state index contributed by atoms with van der Waals surface area (Å²) in [6.45, 7) is -0.373. The molecule has 15 heavy (non-hydrogen) atoms. The van der Waals surface area contributed by atoms with Gasteiger partial charge in [0, 0.05) is 5.02 Å². The third-order valence-corrected chi connectivity index (χ3v) is 2.53. The van der Waals surface area contributed by atoms with Crippen molar-refractivity contribution in [2.45, 2.75) is 6.61 Å². The fourth-order valence-corrected chi connectivity index (χ4v) is 1.85. The van der Waals surface area contributed by atoms with Gasteiger partial charge in [0.05, 0.1) is 22.6 Å². The van der Waals surface area contributed by atoms with Gasteiger partial charge in [-0.1, -0.05) is 23.2 Å². The van der Waals surface area contributed by atoms with Crippen molar-refractivity contribution in [3.8, 4) is 0 Å². The Morgan fingerprint density at radius 2 is 2.07 bits per heavy atom. The third kappa shape index (κ3) is 1.74. The summed E-state index contributed by atoms with van der Waals surface area (Å²) in [5.74, 6) is 0. The average molecular weight is 245 g/mol. The Kier molecular flexibility index (Phi) is 2.69. The Bertz CT molecular complexity index is 575. The van der Waals surface area contributed by atoms with E-state index in [4.69, 9.17) is 32.7 Å². The number of fused-ring (bicyclic) bond motifs is 1. The van der Waals surface area contributed by atoms with Gasteiger partial charge in [0.2, 0.25) is 0 Å². The molecule has 0 radical (unpaired) electrons. The van der Waals surface area contributed by atoms with Crippen molar-refractivity contribution in [2.24, 2.45) is 0 Å². The summed E-state index contributed by atoms with van der Waals surface area (Å²) in [6.07, 6.45) is 1.20. The lowest BCUT2D eigenvalue weighted by atomic mass is 10.2. The molecule has 1 aromatic heterocycles. The summed E-state index contributed by atoms with van der Waals surface area (Å²) < 4.78 is 5.15. The lowest BCUT2D eigenvalue weighted by molar-refractivity contribution is 0.277. The highest BCUT2D eigenvalue weighted by Crippen LogP contribution is 2.26. The van der Waals surface area contributed by atoms with E-state index < -0.39 is 0 Å². The molecule has 2 rings (SSSR count). The molecule has 5 heteroatoms. The maximum Gasteiger partial charge on any atom is 0.198 e. The molecule has 78 valence electrons. The van der Waals surface area contributed by atoms with Crippen LogP contribution >= 0.6 is 23.2 Å². The van der Waals surface area contributed by atoms with Crippen LogP contribution in [0.15, 0.2) is 27.6 Å². The number of hydrogen-bond donors (Lipinski definition) is 1. The Morgan fingerprint density at radius 1 is 1.33 bits per heavy atom. The summed E-state index contributed by atoms with van der Waals surface area (Å²) >= 11 is 11.6. The average Bonchev–Trinajstić information content (AvgIpc) is 2.19. The van der Waals surface area contributed by atoms with Gasteiger partial charge in [-0.15, -0.1) is 0 Å². The second kappa shape index (κ2) is 3.85. The molecule has 0 atom stereocenters. The standard InChI is InChI=1S/C10H6Cl2O3/c11-6-1-7-9(14)5(3-13)4-15-10(7)8(12)2-6/h1-2,4,13H,3H2. The molecule has 0 saturated heterocycles. The fourth-order valence-electron chi connectivity index (χ4n) is 1.31. The van der Waals surface area contributed by atoms with Gasteiger partial charge in [-0.2, -0.15) is 0 Å². The van der Waals surface area contributed by atoms with Gasteiger partial charge < -0.3 is 9.52 Å². The number of aliphatic hydroxyl groups excluding tert-OH is 1. The predicted octanol–water partition coefficient (Wildman–Crippen LogP) is 2.59. The van der Waals surface area contributed by atoms with Crippen LogP contribution in [0, 0.1) is 0 Å². The molecular weight excluding hydrogens is 239 g/mol. The molecule has 0 saturated carbocycles. The molecule has 2 aromatic rings. The van der Waals surface area contributed by atoms with E-state index in [1.54, 1.807) is 0 Å². The van der Waals surface area contributed by atoms with Crippen LogP contribution in [-0.2, 0) is 6.61 Å². The molecule has 0 bridgehead atoms. The minimum Gasteiger partial charge on any atom is -0.462 e.